The summed E-state index contributed by atoms with van der Waals surface area (Å²) >= 11 is 0. The first-order valence-corrected chi connectivity index (χ1v) is 5.55. The van der Waals surface area contributed by atoms with Gasteiger partial charge >= 0.3 is 0 Å². The average molecular weight is 227 g/mol. The molecular formula is C12H15F2NO. The van der Waals surface area contributed by atoms with Crippen molar-refractivity contribution in [3.63, 3.8) is 0 Å². The van der Waals surface area contributed by atoms with Crippen LogP contribution in [0.2, 0.25) is 0 Å². The van der Waals surface area contributed by atoms with Gasteiger partial charge in [0.1, 0.15) is 5.82 Å². The maximum atomic E-state index is 13.4. The summed E-state index contributed by atoms with van der Waals surface area (Å²) in [4.78, 5) is 0. The van der Waals surface area contributed by atoms with Gasteiger partial charge in [-0.2, -0.15) is 0 Å². The highest BCUT2D eigenvalue weighted by molar-refractivity contribution is 5.35. The van der Waals surface area contributed by atoms with E-state index in [0.29, 0.717) is 6.42 Å². The average Bonchev–Trinajstić information content (AvgIpc) is 2.31. The highest BCUT2D eigenvalue weighted by atomic mass is 19.1. The van der Waals surface area contributed by atoms with E-state index >= 15 is 0 Å². The van der Waals surface area contributed by atoms with Crippen LogP contribution in [0.15, 0.2) is 12.1 Å². The molecule has 0 aliphatic carbocycles. The van der Waals surface area contributed by atoms with Crippen LogP contribution in [0, 0.1) is 17.6 Å². The molecule has 1 saturated heterocycles. The first-order valence-electron chi connectivity index (χ1n) is 5.55. The van der Waals surface area contributed by atoms with Gasteiger partial charge in [-0.05, 0) is 50.4 Å². The number of hydrogen-bond acceptors (Lipinski definition) is 2. The van der Waals surface area contributed by atoms with Crippen molar-refractivity contribution in [3.05, 3.63) is 29.3 Å². The predicted octanol–water partition coefficient (Wildman–Crippen LogP) is 2.21. The summed E-state index contributed by atoms with van der Waals surface area (Å²) in [5, 5.41) is 12.7. The molecule has 1 fully saturated rings. The lowest BCUT2D eigenvalue weighted by molar-refractivity contribution is 0.358. The zero-order valence-electron chi connectivity index (χ0n) is 8.97. The van der Waals surface area contributed by atoms with Gasteiger partial charge in [0, 0.05) is 5.56 Å². The van der Waals surface area contributed by atoms with Crippen molar-refractivity contribution >= 4 is 0 Å². The fourth-order valence-corrected chi connectivity index (χ4v) is 2.16. The minimum Gasteiger partial charge on any atom is -0.505 e. The van der Waals surface area contributed by atoms with Crippen molar-refractivity contribution in [1.82, 2.24) is 5.32 Å². The first-order chi connectivity index (χ1) is 7.68. The molecule has 1 aromatic carbocycles. The van der Waals surface area contributed by atoms with Crippen molar-refractivity contribution in [2.45, 2.75) is 19.3 Å². The molecule has 1 atom stereocenters. The zero-order chi connectivity index (χ0) is 11.5. The lowest BCUT2D eigenvalue weighted by Crippen LogP contribution is -2.31. The van der Waals surface area contributed by atoms with E-state index < -0.39 is 17.4 Å². The molecule has 0 radical (unpaired) electrons. The number of nitrogens with one attached hydrogen (secondary N) is 1. The number of phenolic OH excluding ortho intramolecular Hbond substituents is 1. The minimum absolute atomic E-state index is 0.105. The molecule has 1 aromatic rings. The Morgan fingerprint density at radius 3 is 2.75 bits per heavy atom. The van der Waals surface area contributed by atoms with E-state index in [9.17, 15) is 13.9 Å². The smallest absolute Gasteiger partial charge is 0.165 e. The summed E-state index contributed by atoms with van der Waals surface area (Å²) in [6.45, 7) is 1.78. The number of phenols is 1. The van der Waals surface area contributed by atoms with Crippen LogP contribution >= 0.6 is 0 Å². The number of benzene rings is 1. The molecule has 1 heterocycles. The quantitative estimate of drug-likeness (QED) is 0.812. The van der Waals surface area contributed by atoms with Crippen LogP contribution in [0.4, 0.5) is 8.78 Å². The summed E-state index contributed by atoms with van der Waals surface area (Å²) in [5.41, 5.74) is 0.105. The van der Waals surface area contributed by atoms with Gasteiger partial charge in [-0.25, -0.2) is 8.78 Å². The van der Waals surface area contributed by atoms with Gasteiger partial charge in [0.15, 0.2) is 11.6 Å². The van der Waals surface area contributed by atoms with Crippen molar-refractivity contribution in [1.29, 1.82) is 0 Å². The van der Waals surface area contributed by atoms with Crippen LogP contribution in [-0.2, 0) is 6.42 Å². The second kappa shape index (κ2) is 4.78. The van der Waals surface area contributed by atoms with Crippen LogP contribution in [0.5, 0.6) is 5.75 Å². The maximum absolute atomic E-state index is 13.4. The van der Waals surface area contributed by atoms with Crippen LogP contribution in [0.1, 0.15) is 18.4 Å². The van der Waals surface area contributed by atoms with Crippen LogP contribution in [0.25, 0.3) is 0 Å². The second-order valence-corrected chi connectivity index (χ2v) is 4.27. The minimum atomic E-state index is -0.750. The van der Waals surface area contributed by atoms with E-state index in [2.05, 4.69) is 5.32 Å². The Morgan fingerprint density at radius 2 is 2.06 bits per heavy atom. The summed E-state index contributed by atoms with van der Waals surface area (Å²) < 4.78 is 26.5. The normalized spacial score (nSPS) is 21.0. The highest BCUT2D eigenvalue weighted by Crippen LogP contribution is 2.28. The van der Waals surface area contributed by atoms with Crippen molar-refractivity contribution in [3.8, 4) is 5.75 Å². The van der Waals surface area contributed by atoms with E-state index in [1.165, 1.54) is 0 Å². The van der Waals surface area contributed by atoms with E-state index in [1.54, 1.807) is 0 Å². The fraction of sp³-hybridized carbons (Fsp3) is 0.500. The molecular weight excluding hydrogens is 212 g/mol. The third-order valence-corrected chi connectivity index (χ3v) is 3.07. The molecule has 4 heteroatoms. The predicted molar refractivity (Wildman–Crippen MR) is 57.3 cm³/mol. The van der Waals surface area contributed by atoms with Gasteiger partial charge < -0.3 is 10.4 Å². The van der Waals surface area contributed by atoms with Gasteiger partial charge in [0.2, 0.25) is 0 Å². The second-order valence-electron chi connectivity index (χ2n) is 4.27. The molecule has 88 valence electrons. The van der Waals surface area contributed by atoms with Crippen molar-refractivity contribution < 1.29 is 13.9 Å². The summed E-state index contributed by atoms with van der Waals surface area (Å²) in [6, 6.07) is 2.02. The van der Waals surface area contributed by atoms with E-state index in [-0.39, 0.29) is 11.5 Å². The summed E-state index contributed by atoms with van der Waals surface area (Å²) in [6.07, 6.45) is 2.42. The lowest BCUT2D eigenvalue weighted by Gasteiger charge is -2.23. The van der Waals surface area contributed by atoms with Crippen molar-refractivity contribution in [2.24, 2.45) is 5.92 Å². The van der Waals surface area contributed by atoms with Crippen LogP contribution in [-0.4, -0.2) is 18.2 Å². The molecule has 2 rings (SSSR count). The number of piperidine rings is 1. The van der Waals surface area contributed by atoms with E-state index in [4.69, 9.17) is 0 Å². The monoisotopic (exact) mass is 227 g/mol. The van der Waals surface area contributed by atoms with E-state index in [0.717, 1.165) is 38.1 Å². The van der Waals surface area contributed by atoms with Crippen LogP contribution < -0.4 is 5.32 Å². The fourth-order valence-electron chi connectivity index (χ4n) is 2.16. The Bertz CT molecular complexity index is 376. The molecule has 16 heavy (non-hydrogen) atoms. The molecule has 1 aliphatic rings. The van der Waals surface area contributed by atoms with Gasteiger partial charge in [0.05, 0.1) is 0 Å². The third-order valence-electron chi connectivity index (χ3n) is 3.07. The van der Waals surface area contributed by atoms with Crippen LogP contribution in [0.3, 0.4) is 0 Å². The van der Waals surface area contributed by atoms with Gasteiger partial charge in [0.25, 0.3) is 0 Å². The molecule has 0 bridgehead atoms. The number of aromatic hydroxyl groups is 1. The summed E-state index contributed by atoms with van der Waals surface area (Å²) in [7, 11) is 0. The number of halogens is 2. The Morgan fingerprint density at radius 1 is 1.31 bits per heavy atom. The number of hydrogen-bond donors (Lipinski definition) is 2. The maximum Gasteiger partial charge on any atom is 0.165 e. The Kier molecular flexibility index (Phi) is 3.39. The molecule has 0 spiro atoms. The van der Waals surface area contributed by atoms with Gasteiger partial charge in [-0.15, -0.1) is 0 Å². The largest absolute Gasteiger partial charge is 0.505 e. The highest BCUT2D eigenvalue weighted by Gasteiger charge is 2.19. The zero-order valence-corrected chi connectivity index (χ0v) is 8.97. The van der Waals surface area contributed by atoms with Crippen molar-refractivity contribution in [2.75, 3.05) is 13.1 Å². The number of rotatable bonds is 2. The Hall–Kier alpha value is -1.16. The third kappa shape index (κ3) is 2.32. The first kappa shape index (κ1) is 11.3. The molecule has 0 aromatic heterocycles. The standard InChI is InChI=1S/C12H15F2NO/c13-10-3-4-11(14)12(16)9(10)6-8-2-1-5-15-7-8/h3-4,8,15-16H,1-2,5-7H2. The summed E-state index contributed by atoms with van der Waals surface area (Å²) in [5.74, 6) is -1.54. The lowest BCUT2D eigenvalue weighted by atomic mass is 9.91. The molecule has 2 N–H and O–H groups in total. The Balaban J connectivity index is 2.16. The topological polar surface area (TPSA) is 32.3 Å². The van der Waals surface area contributed by atoms with Gasteiger partial charge in [-0.3, -0.25) is 0 Å². The van der Waals surface area contributed by atoms with Gasteiger partial charge in [-0.1, -0.05) is 0 Å². The Labute approximate surface area is 93.3 Å². The molecule has 0 saturated carbocycles. The molecule has 2 nitrogen and oxygen atoms in total. The van der Waals surface area contributed by atoms with E-state index in [1.807, 2.05) is 0 Å². The molecule has 0 amide bonds. The molecule has 1 unspecified atom stereocenters. The SMILES string of the molecule is Oc1c(F)ccc(F)c1CC1CCCNC1. The molecule has 1 aliphatic heterocycles.